The Hall–Kier alpha value is -1.63. The fourth-order valence-electron chi connectivity index (χ4n) is 2.72. The van der Waals surface area contributed by atoms with Crippen LogP contribution in [0.2, 0.25) is 10.0 Å². The molecule has 0 bridgehead atoms. The standard InChI is InChI=1S/C15H15Cl2N3O3/c1-8-18-14-9(4-10(16)5-11(14)17)6-23-7-20(8)12-2-3-13(21)19-15(12)22/h4-5,12H,2-3,6-7H2,1H3,(H,19,21,22)/b18-8-. The largest absolute Gasteiger partial charge is 0.356 e. The van der Waals surface area contributed by atoms with Gasteiger partial charge < -0.3 is 9.64 Å². The Morgan fingerprint density at radius 1 is 1.35 bits per heavy atom. The molecule has 8 heteroatoms. The predicted octanol–water partition coefficient (Wildman–Crippen LogP) is 2.64. The van der Waals surface area contributed by atoms with Crippen LogP contribution in [0.25, 0.3) is 0 Å². The molecule has 1 aromatic rings. The summed E-state index contributed by atoms with van der Waals surface area (Å²) >= 11 is 12.2. The van der Waals surface area contributed by atoms with Gasteiger partial charge in [-0.25, -0.2) is 4.99 Å². The van der Waals surface area contributed by atoms with Crippen molar-refractivity contribution in [1.82, 2.24) is 10.2 Å². The summed E-state index contributed by atoms with van der Waals surface area (Å²) in [7, 11) is 0. The molecule has 0 spiro atoms. The molecule has 1 atom stereocenters. The third-order valence-corrected chi connectivity index (χ3v) is 4.38. The molecule has 0 saturated carbocycles. The molecule has 0 aromatic heterocycles. The molecular weight excluding hydrogens is 341 g/mol. The molecule has 0 radical (unpaired) electrons. The summed E-state index contributed by atoms with van der Waals surface area (Å²) in [6.45, 7) is 2.27. The maximum Gasteiger partial charge on any atom is 0.249 e. The molecule has 1 aromatic carbocycles. The Bertz CT molecular complexity index is 705. The normalized spacial score (nSPS) is 24.2. The molecule has 1 saturated heterocycles. The van der Waals surface area contributed by atoms with Gasteiger partial charge in [-0.3, -0.25) is 14.9 Å². The van der Waals surface area contributed by atoms with E-state index in [0.29, 0.717) is 34.4 Å². The molecule has 0 aliphatic carbocycles. The zero-order chi connectivity index (χ0) is 16.6. The first-order chi connectivity index (χ1) is 11.0. The number of fused-ring (bicyclic) bond motifs is 1. The van der Waals surface area contributed by atoms with Crippen molar-refractivity contribution in [3.8, 4) is 0 Å². The van der Waals surface area contributed by atoms with Crippen LogP contribution in [-0.2, 0) is 20.9 Å². The maximum atomic E-state index is 12.1. The predicted molar refractivity (Wildman–Crippen MR) is 86.9 cm³/mol. The van der Waals surface area contributed by atoms with Gasteiger partial charge in [-0.2, -0.15) is 0 Å². The van der Waals surface area contributed by atoms with Gasteiger partial charge in [0.25, 0.3) is 0 Å². The van der Waals surface area contributed by atoms with Gasteiger partial charge in [-0.1, -0.05) is 23.2 Å². The molecule has 2 aliphatic rings. The van der Waals surface area contributed by atoms with Gasteiger partial charge in [-0.05, 0) is 25.5 Å². The Morgan fingerprint density at radius 2 is 2.13 bits per heavy atom. The van der Waals surface area contributed by atoms with E-state index < -0.39 is 6.04 Å². The smallest absolute Gasteiger partial charge is 0.249 e. The Morgan fingerprint density at radius 3 is 2.87 bits per heavy atom. The first kappa shape index (κ1) is 16.2. The summed E-state index contributed by atoms with van der Waals surface area (Å²) in [5.41, 5.74) is 1.38. The minimum atomic E-state index is -0.482. The van der Waals surface area contributed by atoms with Crippen molar-refractivity contribution in [2.45, 2.75) is 32.4 Å². The molecule has 2 amide bonds. The Labute approximate surface area is 143 Å². The number of nitrogens with one attached hydrogen (secondary N) is 1. The van der Waals surface area contributed by atoms with Crippen molar-refractivity contribution >= 4 is 46.5 Å². The van der Waals surface area contributed by atoms with Crippen LogP contribution in [0.15, 0.2) is 17.1 Å². The molecule has 6 nitrogen and oxygen atoms in total. The van der Waals surface area contributed by atoms with Crippen LogP contribution in [0.5, 0.6) is 0 Å². The number of carbonyl (C=O) groups is 2. The van der Waals surface area contributed by atoms with Crippen molar-refractivity contribution in [2.24, 2.45) is 4.99 Å². The highest BCUT2D eigenvalue weighted by molar-refractivity contribution is 6.36. The first-order valence-electron chi connectivity index (χ1n) is 7.17. The van der Waals surface area contributed by atoms with Gasteiger partial charge >= 0.3 is 0 Å². The van der Waals surface area contributed by atoms with E-state index >= 15 is 0 Å². The van der Waals surface area contributed by atoms with Crippen molar-refractivity contribution in [3.63, 3.8) is 0 Å². The number of piperidine rings is 1. The highest BCUT2D eigenvalue weighted by Crippen LogP contribution is 2.34. The highest BCUT2D eigenvalue weighted by Gasteiger charge is 2.33. The van der Waals surface area contributed by atoms with Gasteiger partial charge in [0.15, 0.2) is 0 Å². The summed E-state index contributed by atoms with van der Waals surface area (Å²) in [5, 5.41) is 3.30. The number of ether oxygens (including phenoxy) is 1. The SMILES string of the molecule is C/C1=N/c2c(Cl)cc(Cl)cc2COCN1C1CCC(=O)NC1=O. The van der Waals surface area contributed by atoms with E-state index in [0.717, 1.165) is 5.56 Å². The lowest BCUT2D eigenvalue weighted by Gasteiger charge is -2.35. The number of benzene rings is 1. The van der Waals surface area contributed by atoms with Gasteiger partial charge in [0.1, 0.15) is 18.6 Å². The molecule has 2 aliphatic heterocycles. The number of aliphatic imine (C=N–C) groups is 1. The Balaban J connectivity index is 1.95. The van der Waals surface area contributed by atoms with E-state index in [-0.39, 0.29) is 25.2 Å². The summed E-state index contributed by atoms with van der Waals surface area (Å²) in [4.78, 5) is 29.7. The fourth-order valence-corrected chi connectivity index (χ4v) is 3.30. The first-order valence-corrected chi connectivity index (χ1v) is 7.92. The lowest BCUT2D eigenvalue weighted by atomic mass is 10.0. The fraction of sp³-hybridized carbons (Fsp3) is 0.400. The average Bonchev–Trinajstić information content (AvgIpc) is 2.46. The molecule has 122 valence electrons. The molecule has 1 N–H and O–H groups in total. The molecule has 23 heavy (non-hydrogen) atoms. The second-order valence-corrected chi connectivity index (χ2v) is 6.31. The van der Waals surface area contributed by atoms with Crippen LogP contribution < -0.4 is 5.32 Å². The van der Waals surface area contributed by atoms with Crippen LogP contribution in [-0.4, -0.2) is 35.3 Å². The number of amides is 2. The summed E-state index contributed by atoms with van der Waals surface area (Å²) in [6, 6.07) is 2.90. The quantitative estimate of drug-likeness (QED) is 0.786. The summed E-state index contributed by atoms with van der Waals surface area (Å²) in [5.74, 6) is 0.0175. The lowest BCUT2D eigenvalue weighted by molar-refractivity contribution is -0.137. The number of carbonyl (C=O) groups excluding carboxylic acids is 2. The second kappa shape index (κ2) is 6.47. The van der Waals surface area contributed by atoms with E-state index in [1.807, 2.05) is 0 Å². The van der Waals surface area contributed by atoms with Gasteiger partial charge in [0.2, 0.25) is 11.8 Å². The van der Waals surface area contributed by atoms with Crippen molar-refractivity contribution in [3.05, 3.63) is 27.7 Å². The van der Waals surface area contributed by atoms with Crippen LogP contribution in [0.3, 0.4) is 0 Å². The number of nitrogens with zero attached hydrogens (tertiary/aromatic N) is 2. The molecular formula is C15H15Cl2N3O3. The van der Waals surface area contributed by atoms with Crippen molar-refractivity contribution < 1.29 is 14.3 Å². The van der Waals surface area contributed by atoms with E-state index in [1.165, 1.54) is 0 Å². The average molecular weight is 356 g/mol. The van der Waals surface area contributed by atoms with Crippen molar-refractivity contribution in [2.75, 3.05) is 6.73 Å². The third-order valence-electron chi connectivity index (χ3n) is 3.87. The van der Waals surface area contributed by atoms with E-state index in [4.69, 9.17) is 27.9 Å². The summed E-state index contributed by atoms with van der Waals surface area (Å²) in [6.07, 6.45) is 0.731. The monoisotopic (exact) mass is 355 g/mol. The van der Waals surface area contributed by atoms with Gasteiger partial charge in [-0.15, -0.1) is 0 Å². The number of hydrogen-bond acceptors (Lipinski definition) is 5. The van der Waals surface area contributed by atoms with E-state index in [2.05, 4.69) is 10.3 Å². The number of rotatable bonds is 1. The highest BCUT2D eigenvalue weighted by atomic mass is 35.5. The summed E-state index contributed by atoms with van der Waals surface area (Å²) < 4.78 is 5.69. The molecule has 3 rings (SSSR count). The number of imide groups is 1. The minimum absolute atomic E-state index is 0.200. The number of halogens is 2. The van der Waals surface area contributed by atoms with E-state index in [9.17, 15) is 9.59 Å². The Kier molecular flexibility index (Phi) is 4.57. The maximum absolute atomic E-state index is 12.1. The van der Waals surface area contributed by atoms with E-state index in [1.54, 1.807) is 24.0 Å². The molecule has 1 unspecified atom stereocenters. The van der Waals surface area contributed by atoms with Crippen molar-refractivity contribution in [1.29, 1.82) is 0 Å². The zero-order valence-corrected chi connectivity index (χ0v) is 13.9. The third kappa shape index (κ3) is 3.34. The van der Waals surface area contributed by atoms with Gasteiger partial charge in [0, 0.05) is 17.0 Å². The number of hydrogen-bond donors (Lipinski definition) is 1. The number of amidine groups is 1. The zero-order valence-electron chi connectivity index (χ0n) is 12.4. The van der Waals surface area contributed by atoms with Crippen LogP contribution >= 0.6 is 23.2 Å². The molecule has 1 fully saturated rings. The van der Waals surface area contributed by atoms with Crippen LogP contribution in [0.4, 0.5) is 5.69 Å². The lowest BCUT2D eigenvalue weighted by Crippen LogP contribution is -2.54. The molecule has 2 heterocycles. The topological polar surface area (TPSA) is 71.0 Å². The van der Waals surface area contributed by atoms with Gasteiger partial charge in [0.05, 0.1) is 17.3 Å². The van der Waals surface area contributed by atoms with Crippen LogP contribution in [0.1, 0.15) is 25.3 Å². The minimum Gasteiger partial charge on any atom is -0.356 e. The van der Waals surface area contributed by atoms with Crippen LogP contribution in [0, 0.1) is 0 Å². The second-order valence-electron chi connectivity index (χ2n) is 5.47.